The summed E-state index contributed by atoms with van der Waals surface area (Å²) in [6.07, 6.45) is 1.65. The molecule has 1 saturated heterocycles. The first kappa shape index (κ1) is 26.7. The number of benzene rings is 3. The van der Waals surface area contributed by atoms with Crippen LogP contribution in [0.15, 0.2) is 83.8 Å². The molecule has 0 N–H and O–H groups in total. The van der Waals surface area contributed by atoms with E-state index in [0.29, 0.717) is 19.0 Å². The quantitative estimate of drug-likeness (QED) is 0.382. The van der Waals surface area contributed by atoms with Crippen molar-refractivity contribution in [3.05, 3.63) is 90.0 Å². The van der Waals surface area contributed by atoms with Crippen LogP contribution in [0.5, 0.6) is 5.75 Å². The van der Waals surface area contributed by atoms with Crippen molar-refractivity contribution in [2.45, 2.75) is 49.5 Å². The van der Waals surface area contributed by atoms with E-state index < -0.39 is 16.1 Å². The van der Waals surface area contributed by atoms with Gasteiger partial charge in [0.05, 0.1) is 32.4 Å². The summed E-state index contributed by atoms with van der Waals surface area (Å²) in [6.45, 7) is 4.35. The first-order valence-electron chi connectivity index (χ1n) is 13.2. The molecule has 0 saturated carbocycles. The molecule has 2 aliphatic heterocycles. The molecule has 0 spiro atoms. The molecule has 8 heteroatoms. The van der Waals surface area contributed by atoms with E-state index >= 15 is 0 Å². The third-order valence-electron chi connectivity index (χ3n) is 7.39. The molecule has 0 radical (unpaired) electrons. The van der Waals surface area contributed by atoms with Crippen molar-refractivity contribution in [2.75, 3.05) is 38.3 Å². The Bertz CT molecular complexity index is 1300. The molecule has 38 heavy (non-hydrogen) atoms. The predicted molar refractivity (Wildman–Crippen MR) is 148 cm³/mol. The van der Waals surface area contributed by atoms with Crippen molar-refractivity contribution in [1.29, 1.82) is 0 Å². The number of anilines is 1. The molecule has 2 aliphatic rings. The highest BCUT2D eigenvalue weighted by atomic mass is 32.2. The molecule has 0 bridgehead atoms. The van der Waals surface area contributed by atoms with Crippen molar-refractivity contribution < 1.29 is 22.6 Å². The van der Waals surface area contributed by atoms with E-state index in [4.69, 9.17) is 14.2 Å². The van der Waals surface area contributed by atoms with E-state index in [1.165, 1.54) is 0 Å². The van der Waals surface area contributed by atoms with Gasteiger partial charge in [-0.15, -0.1) is 0 Å². The lowest BCUT2D eigenvalue weighted by atomic mass is 10.1. The van der Waals surface area contributed by atoms with Gasteiger partial charge in [-0.3, -0.25) is 0 Å². The highest BCUT2D eigenvalue weighted by Crippen LogP contribution is 2.39. The molecule has 7 nitrogen and oxygen atoms in total. The fourth-order valence-corrected chi connectivity index (χ4v) is 7.15. The van der Waals surface area contributed by atoms with Gasteiger partial charge >= 0.3 is 0 Å². The van der Waals surface area contributed by atoms with Crippen molar-refractivity contribution in [1.82, 2.24) is 4.31 Å². The molecule has 3 aromatic carbocycles. The maximum absolute atomic E-state index is 14.1. The maximum Gasteiger partial charge on any atom is 0.247 e. The van der Waals surface area contributed by atoms with E-state index in [1.807, 2.05) is 79.7 Å². The van der Waals surface area contributed by atoms with Crippen LogP contribution in [-0.4, -0.2) is 58.3 Å². The van der Waals surface area contributed by atoms with Gasteiger partial charge in [0, 0.05) is 31.5 Å². The molecule has 3 aromatic rings. The molecule has 3 atom stereocenters. The van der Waals surface area contributed by atoms with E-state index in [-0.39, 0.29) is 30.1 Å². The van der Waals surface area contributed by atoms with E-state index in [1.54, 1.807) is 17.5 Å². The Morgan fingerprint density at radius 2 is 1.74 bits per heavy atom. The number of methoxy groups -OCH3 is 1. The predicted octanol–water partition coefficient (Wildman–Crippen LogP) is 5.03. The summed E-state index contributed by atoms with van der Waals surface area (Å²) in [5.41, 5.74) is 2.94. The molecule has 5 rings (SSSR count). The Balaban J connectivity index is 1.46. The maximum atomic E-state index is 14.1. The average molecular weight is 537 g/mol. The lowest BCUT2D eigenvalue weighted by Crippen LogP contribution is -2.40. The van der Waals surface area contributed by atoms with Crippen LogP contribution in [0.3, 0.4) is 0 Å². The minimum Gasteiger partial charge on any atom is -0.485 e. The summed E-state index contributed by atoms with van der Waals surface area (Å²) in [7, 11) is -2.12. The van der Waals surface area contributed by atoms with Crippen LogP contribution in [0.2, 0.25) is 0 Å². The molecule has 2 heterocycles. The number of nitrogens with zero attached hydrogens (tertiary/aromatic N) is 2. The minimum absolute atomic E-state index is 0.188. The summed E-state index contributed by atoms with van der Waals surface area (Å²) < 4.78 is 47.6. The SMILES string of the molecule is COC[C@H]1CCCN1c1ccc2c(c1)O[C@@H](COCc1ccccc1)CN([C@@H](C)c1ccccc1)S2(=O)=O. The number of fused-ring (bicyclic) bond motifs is 1. The van der Waals surface area contributed by atoms with E-state index in [2.05, 4.69) is 4.90 Å². The lowest BCUT2D eigenvalue weighted by molar-refractivity contribution is 0.0313. The summed E-state index contributed by atoms with van der Waals surface area (Å²) in [4.78, 5) is 2.48. The number of ether oxygens (including phenoxy) is 3. The van der Waals surface area contributed by atoms with Crippen LogP contribution in [0, 0.1) is 0 Å². The highest BCUT2D eigenvalue weighted by Gasteiger charge is 2.39. The molecule has 202 valence electrons. The van der Waals surface area contributed by atoms with Gasteiger partial charge in [-0.05, 0) is 43.0 Å². The van der Waals surface area contributed by atoms with Crippen LogP contribution in [0.4, 0.5) is 5.69 Å². The van der Waals surface area contributed by atoms with Crippen LogP contribution in [-0.2, 0) is 26.1 Å². The third-order valence-corrected chi connectivity index (χ3v) is 9.36. The number of hydrogen-bond acceptors (Lipinski definition) is 6. The summed E-state index contributed by atoms with van der Waals surface area (Å²) >= 11 is 0. The first-order chi connectivity index (χ1) is 18.5. The zero-order valence-corrected chi connectivity index (χ0v) is 22.8. The van der Waals surface area contributed by atoms with E-state index in [9.17, 15) is 8.42 Å². The topological polar surface area (TPSA) is 68.3 Å². The van der Waals surface area contributed by atoms with Crippen LogP contribution in [0.25, 0.3) is 0 Å². The molecular formula is C30H36N2O5S. The highest BCUT2D eigenvalue weighted by molar-refractivity contribution is 7.89. The van der Waals surface area contributed by atoms with Crippen molar-refractivity contribution in [2.24, 2.45) is 0 Å². The van der Waals surface area contributed by atoms with Crippen LogP contribution in [0.1, 0.15) is 36.9 Å². The Kier molecular flexibility index (Phi) is 8.33. The van der Waals surface area contributed by atoms with Gasteiger partial charge in [-0.25, -0.2) is 8.42 Å². The second-order valence-corrected chi connectivity index (χ2v) is 11.8. The van der Waals surface area contributed by atoms with Gasteiger partial charge in [-0.1, -0.05) is 60.7 Å². The standard InChI is InChI=1S/C30H36N2O5S/c1-23(25-12-7-4-8-13-25)32-19-28(22-36-20-24-10-5-3-6-11-24)37-29-18-26(15-16-30(29)38(32,33)34)31-17-9-14-27(31)21-35-2/h3-8,10-13,15-16,18,23,27-28H,9,14,17,19-22H2,1-2H3/t23-,27+,28+/m0/s1. The summed E-state index contributed by atoms with van der Waals surface area (Å²) in [5.74, 6) is 0.377. The van der Waals surface area contributed by atoms with Crippen molar-refractivity contribution in [3.8, 4) is 5.75 Å². The Labute approximate surface area is 226 Å². The van der Waals surface area contributed by atoms with Crippen LogP contribution < -0.4 is 9.64 Å². The summed E-state index contributed by atoms with van der Waals surface area (Å²) in [5, 5.41) is 0. The second-order valence-electron chi connectivity index (χ2n) is 9.98. The Morgan fingerprint density at radius 1 is 1.00 bits per heavy atom. The van der Waals surface area contributed by atoms with Gasteiger partial charge in [0.1, 0.15) is 16.7 Å². The first-order valence-corrected chi connectivity index (χ1v) is 14.7. The second kappa shape index (κ2) is 11.9. The minimum atomic E-state index is -3.83. The smallest absolute Gasteiger partial charge is 0.247 e. The van der Waals surface area contributed by atoms with Crippen molar-refractivity contribution >= 4 is 15.7 Å². The zero-order valence-electron chi connectivity index (χ0n) is 22.0. The van der Waals surface area contributed by atoms with Gasteiger partial charge in [0.25, 0.3) is 0 Å². The van der Waals surface area contributed by atoms with Gasteiger partial charge < -0.3 is 19.1 Å². The zero-order chi connectivity index (χ0) is 26.5. The number of hydrogen-bond donors (Lipinski definition) is 0. The number of sulfonamides is 1. The van der Waals surface area contributed by atoms with Gasteiger partial charge in [-0.2, -0.15) is 4.31 Å². The molecule has 1 fully saturated rings. The lowest BCUT2D eigenvalue weighted by Gasteiger charge is -2.29. The fourth-order valence-electron chi connectivity index (χ4n) is 5.40. The number of rotatable bonds is 9. The molecule has 0 aliphatic carbocycles. The Morgan fingerprint density at radius 3 is 2.47 bits per heavy atom. The van der Waals surface area contributed by atoms with Crippen LogP contribution >= 0.6 is 0 Å². The van der Waals surface area contributed by atoms with Gasteiger partial charge in [0.15, 0.2) is 0 Å². The molecule has 0 unspecified atom stereocenters. The normalized spacial score (nSPS) is 21.9. The van der Waals surface area contributed by atoms with E-state index in [0.717, 1.165) is 36.2 Å². The Hall–Kier alpha value is -2.91. The van der Waals surface area contributed by atoms with Crippen molar-refractivity contribution in [3.63, 3.8) is 0 Å². The molecule has 0 aromatic heterocycles. The summed E-state index contributed by atoms with van der Waals surface area (Å²) in [6, 6.07) is 25.0. The monoisotopic (exact) mass is 536 g/mol. The molecular weight excluding hydrogens is 500 g/mol. The average Bonchev–Trinajstić information content (AvgIpc) is 3.36. The molecule has 0 amide bonds. The van der Waals surface area contributed by atoms with Gasteiger partial charge in [0.2, 0.25) is 10.0 Å². The third kappa shape index (κ3) is 5.73. The largest absolute Gasteiger partial charge is 0.485 e. The fraction of sp³-hybridized carbons (Fsp3) is 0.400.